The predicted molar refractivity (Wildman–Crippen MR) is 103 cm³/mol. The number of aryl methyl sites for hydroxylation is 1. The smallest absolute Gasteiger partial charge is 0.270 e. The van der Waals surface area contributed by atoms with Gasteiger partial charge in [0.2, 0.25) is 5.91 Å². The van der Waals surface area contributed by atoms with E-state index in [0.717, 1.165) is 30.2 Å². The molecule has 1 heterocycles. The highest BCUT2D eigenvalue weighted by molar-refractivity contribution is 6.34. The highest BCUT2D eigenvalue weighted by atomic mass is 35.5. The van der Waals surface area contributed by atoms with Crippen LogP contribution in [-0.2, 0) is 11.2 Å². The maximum atomic E-state index is 12.5. The number of nitro benzene ring substituents is 1. The number of non-ortho nitro benzene ring substituents is 1. The van der Waals surface area contributed by atoms with Crippen LogP contribution in [0.5, 0.6) is 0 Å². The molecule has 27 heavy (non-hydrogen) atoms. The number of nitrogens with one attached hydrogen (secondary N) is 1. The summed E-state index contributed by atoms with van der Waals surface area (Å²) in [6.07, 6.45) is 2.20. The van der Waals surface area contributed by atoms with Crippen LogP contribution in [0.3, 0.4) is 0 Å². The van der Waals surface area contributed by atoms with Crippen molar-refractivity contribution in [1.29, 1.82) is 0 Å². The summed E-state index contributed by atoms with van der Waals surface area (Å²) >= 11 is 6.02. The largest absolute Gasteiger partial charge is 0.322 e. The number of hydrogen-bond acceptors (Lipinski definition) is 4. The van der Waals surface area contributed by atoms with Gasteiger partial charge in [-0.1, -0.05) is 24.6 Å². The third kappa shape index (κ3) is 3.93. The normalized spacial score (nSPS) is 13.0. The number of carbonyl (C=O) groups is 2. The van der Waals surface area contributed by atoms with E-state index in [2.05, 4.69) is 5.32 Å². The lowest BCUT2D eigenvalue weighted by molar-refractivity contribution is -0.384. The number of carbonyl (C=O) groups excluding carboxylic acids is 2. The lowest BCUT2D eigenvalue weighted by atomic mass is 10.0. The fourth-order valence-corrected chi connectivity index (χ4v) is 3.36. The Balaban J connectivity index is 1.85. The van der Waals surface area contributed by atoms with Gasteiger partial charge in [0.05, 0.1) is 15.5 Å². The van der Waals surface area contributed by atoms with Gasteiger partial charge in [-0.25, -0.2) is 0 Å². The van der Waals surface area contributed by atoms with Gasteiger partial charge in [0.1, 0.15) is 0 Å². The number of nitro groups is 1. The molecule has 0 aliphatic carbocycles. The summed E-state index contributed by atoms with van der Waals surface area (Å²) < 4.78 is 0. The van der Waals surface area contributed by atoms with Crippen LogP contribution in [-0.4, -0.2) is 23.3 Å². The molecule has 0 bridgehead atoms. The number of hydrogen-bond donors (Lipinski definition) is 1. The molecular formula is C19H18ClN3O4. The fraction of sp³-hybridized carbons (Fsp3) is 0.263. The maximum Gasteiger partial charge on any atom is 0.270 e. The highest BCUT2D eigenvalue weighted by Crippen LogP contribution is 2.31. The Morgan fingerprint density at radius 3 is 2.70 bits per heavy atom. The van der Waals surface area contributed by atoms with Crippen molar-refractivity contribution in [3.05, 3.63) is 62.7 Å². The van der Waals surface area contributed by atoms with Gasteiger partial charge in [-0.3, -0.25) is 19.7 Å². The molecule has 2 aromatic rings. The SMILES string of the molecule is CCC(=O)N1CCCc2ccc(NC(=O)c3ccc([N+](=O)[O-])cc3Cl)cc21. The van der Waals surface area contributed by atoms with Gasteiger partial charge in [-0.05, 0) is 36.6 Å². The lowest BCUT2D eigenvalue weighted by Crippen LogP contribution is -2.35. The van der Waals surface area contributed by atoms with Gasteiger partial charge >= 0.3 is 0 Å². The Morgan fingerprint density at radius 2 is 2.04 bits per heavy atom. The van der Waals surface area contributed by atoms with Gasteiger partial charge in [0.15, 0.2) is 0 Å². The van der Waals surface area contributed by atoms with Crippen LogP contribution in [0.1, 0.15) is 35.7 Å². The summed E-state index contributed by atoms with van der Waals surface area (Å²) in [5.74, 6) is -0.433. The van der Waals surface area contributed by atoms with Crippen molar-refractivity contribution in [3.63, 3.8) is 0 Å². The second kappa shape index (κ2) is 7.75. The van der Waals surface area contributed by atoms with Crippen LogP contribution >= 0.6 is 11.6 Å². The van der Waals surface area contributed by atoms with Gasteiger partial charge in [-0.2, -0.15) is 0 Å². The van der Waals surface area contributed by atoms with Crippen LogP contribution < -0.4 is 10.2 Å². The molecule has 1 aliphatic rings. The Hall–Kier alpha value is -2.93. The highest BCUT2D eigenvalue weighted by Gasteiger charge is 2.22. The van der Waals surface area contributed by atoms with E-state index >= 15 is 0 Å². The van der Waals surface area contributed by atoms with Crippen molar-refractivity contribution in [2.75, 3.05) is 16.8 Å². The molecule has 0 saturated heterocycles. The third-order valence-corrected chi connectivity index (χ3v) is 4.79. The van der Waals surface area contributed by atoms with Crippen LogP contribution in [0.15, 0.2) is 36.4 Å². The molecule has 0 fully saturated rings. The fourth-order valence-electron chi connectivity index (χ4n) is 3.10. The van der Waals surface area contributed by atoms with E-state index in [1.807, 2.05) is 13.0 Å². The standard InChI is InChI=1S/C19H18ClN3O4/c1-2-18(24)22-9-3-4-12-5-6-13(10-17(12)22)21-19(25)15-8-7-14(23(26)27)11-16(15)20/h5-8,10-11H,2-4,9H2,1H3,(H,21,25). The molecule has 1 N–H and O–H groups in total. The first-order valence-corrected chi connectivity index (χ1v) is 8.97. The van der Waals surface area contributed by atoms with Gasteiger partial charge in [0, 0.05) is 36.5 Å². The number of anilines is 2. The van der Waals surface area contributed by atoms with E-state index in [0.29, 0.717) is 18.7 Å². The minimum absolute atomic E-state index is 0.00227. The maximum absolute atomic E-state index is 12.5. The third-order valence-electron chi connectivity index (χ3n) is 4.47. The van der Waals surface area contributed by atoms with E-state index in [-0.39, 0.29) is 22.2 Å². The van der Waals surface area contributed by atoms with Crippen LogP contribution in [0.4, 0.5) is 17.1 Å². The number of amides is 2. The van der Waals surface area contributed by atoms with E-state index in [1.54, 1.807) is 17.0 Å². The van der Waals surface area contributed by atoms with Gasteiger partial charge in [-0.15, -0.1) is 0 Å². The summed E-state index contributed by atoms with van der Waals surface area (Å²) in [5, 5.41) is 13.5. The number of nitrogens with zero attached hydrogens (tertiary/aromatic N) is 2. The molecule has 7 nitrogen and oxygen atoms in total. The summed E-state index contributed by atoms with van der Waals surface area (Å²) in [5.41, 5.74) is 2.36. The Morgan fingerprint density at radius 1 is 1.26 bits per heavy atom. The monoisotopic (exact) mass is 387 g/mol. The quantitative estimate of drug-likeness (QED) is 0.628. The van der Waals surface area contributed by atoms with Crippen molar-refractivity contribution in [2.24, 2.45) is 0 Å². The molecule has 0 unspecified atom stereocenters. The average Bonchev–Trinajstić information content (AvgIpc) is 2.66. The molecule has 1 aliphatic heterocycles. The molecular weight excluding hydrogens is 370 g/mol. The van der Waals surface area contributed by atoms with Crippen molar-refractivity contribution in [3.8, 4) is 0 Å². The predicted octanol–water partition coefficient (Wildman–Crippen LogP) is 4.19. The van der Waals surface area contributed by atoms with Gasteiger partial charge in [0.25, 0.3) is 11.6 Å². The molecule has 3 rings (SSSR count). The van der Waals surface area contributed by atoms with E-state index in [4.69, 9.17) is 11.6 Å². The summed E-state index contributed by atoms with van der Waals surface area (Å²) in [6, 6.07) is 9.15. The Bertz CT molecular complexity index is 929. The molecule has 0 atom stereocenters. The lowest BCUT2D eigenvalue weighted by Gasteiger charge is -2.29. The molecule has 8 heteroatoms. The van der Waals surface area contributed by atoms with Crippen molar-refractivity contribution in [2.45, 2.75) is 26.2 Å². The zero-order chi connectivity index (χ0) is 19.6. The summed E-state index contributed by atoms with van der Waals surface area (Å²) in [7, 11) is 0. The Kier molecular flexibility index (Phi) is 5.41. The van der Waals surface area contributed by atoms with E-state index in [1.165, 1.54) is 12.1 Å². The minimum atomic E-state index is -0.573. The van der Waals surface area contributed by atoms with Crippen LogP contribution in [0, 0.1) is 10.1 Å². The minimum Gasteiger partial charge on any atom is -0.322 e. The molecule has 2 amide bonds. The number of rotatable bonds is 4. The summed E-state index contributed by atoms with van der Waals surface area (Å²) in [6.45, 7) is 2.48. The second-order valence-corrected chi connectivity index (χ2v) is 6.63. The average molecular weight is 388 g/mol. The second-order valence-electron chi connectivity index (χ2n) is 6.22. The van der Waals surface area contributed by atoms with E-state index in [9.17, 15) is 19.7 Å². The molecule has 0 spiro atoms. The van der Waals surface area contributed by atoms with Crippen molar-refractivity contribution < 1.29 is 14.5 Å². The molecule has 2 aromatic carbocycles. The summed E-state index contributed by atoms with van der Waals surface area (Å²) in [4.78, 5) is 36.6. The number of halogens is 1. The molecule has 0 radical (unpaired) electrons. The van der Waals surface area contributed by atoms with E-state index < -0.39 is 10.8 Å². The van der Waals surface area contributed by atoms with Crippen molar-refractivity contribution >= 4 is 40.5 Å². The van der Waals surface area contributed by atoms with Crippen LogP contribution in [0.25, 0.3) is 0 Å². The first-order valence-electron chi connectivity index (χ1n) is 8.59. The van der Waals surface area contributed by atoms with Gasteiger partial charge < -0.3 is 10.2 Å². The first-order chi connectivity index (χ1) is 12.9. The molecule has 140 valence electrons. The van der Waals surface area contributed by atoms with Crippen LogP contribution in [0.2, 0.25) is 5.02 Å². The zero-order valence-electron chi connectivity index (χ0n) is 14.7. The zero-order valence-corrected chi connectivity index (χ0v) is 15.5. The van der Waals surface area contributed by atoms with Crippen molar-refractivity contribution in [1.82, 2.24) is 0 Å². The number of benzene rings is 2. The molecule has 0 saturated carbocycles. The Labute approximate surface area is 161 Å². The first kappa shape index (κ1) is 18.8. The topological polar surface area (TPSA) is 92.6 Å². The number of fused-ring (bicyclic) bond motifs is 1. The molecule has 0 aromatic heterocycles.